The van der Waals surface area contributed by atoms with Gasteiger partial charge < -0.3 is 9.88 Å². The van der Waals surface area contributed by atoms with Crippen molar-refractivity contribution in [2.24, 2.45) is 0 Å². The van der Waals surface area contributed by atoms with Crippen LogP contribution in [-0.4, -0.2) is 34.2 Å². The molecule has 1 aromatic heterocycles. The van der Waals surface area contributed by atoms with Crippen molar-refractivity contribution in [2.75, 3.05) is 18.4 Å². The molecule has 0 bridgehead atoms. The molecule has 0 fully saturated rings. The summed E-state index contributed by atoms with van der Waals surface area (Å²) in [7, 11) is 0. The van der Waals surface area contributed by atoms with Gasteiger partial charge in [-0.25, -0.2) is 0 Å². The molecule has 0 aromatic carbocycles. The number of H-pyrrole nitrogens is 1. The third-order valence-electron chi connectivity index (χ3n) is 2.45. The second-order valence-electron chi connectivity index (χ2n) is 3.78. The molecule has 5 heteroatoms. The summed E-state index contributed by atoms with van der Waals surface area (Å²) >= 11 is 3.34. The van der Waals surface area contributed by atoms with Crippen LogP contribution < -0.4 is 5.56 Å². The molecule has 17 heavy (non-hydrogen) atoms. The lowest BCUT2D eigenvalue weighted by Gasteiger charge is -2.21. The molecule has 0 saturated heterocycles. The van der Waals surface area contributed by atoms with Gasteiger partial charge in [0.25, 0.3) is 5.91 Å². The van der Waals surface area contributed by atoms with E-state index in [9.17, 15) is 9.59 Å². The van der Waals surface area contributed by atoms with Gasteiger partial charge >= 0.3 is 0 Å². The molecule has 0 unspecified atom stereocenters. The molecule has 1 aromatic rings. The number of nitrogens with zero attached hydrogens (tertiary/aromatic N) is 1. The van der Waals surface area contributed by atoms with Crippen LogP contribution in [0.1, 0.15) is 30.1 Å². The monoisotopic (exact) mass is 300 g/mol. The predicted octanol–water partition coefficient (Wildman–Crippen LogP) is 2.01. The lowest BCUT2D eigenvalue weighted by Crippen LogP contribution is -2.34. The molecule has 0 aliphatic rings. The molecule has 1 amide bonds. The lowest BCUT2D eigenvalue weighted by molar-refractivity contribution is 0.0764. The second-order valence-corrected chi connectivity index (χ2v) is 4.57. The molecular weight excluding hydrogens is 284 g/mol. The van der Waals surface area contributed by atoms with Gasteiger partial charge in [0.05, 0.1) is 0 Å². The van der Waals surface area contributed by atoms with Gasteiger partial charge in [-0.3, -0.25) is 9.59 Å². The number of alkyl halides is 1. The zero-order valence-electron chi connectivity index (χ0n) is 9.91. The summed E-state index contributed by atoms with van der Waals surface area (Å²) in [5.74, 6) is -0.0796. The maximum absolute atomic E-state index is 12.1. The van der Waals surface area contributed by atoms with Crippen LogP contribution in [-0.2, 0) is 0 Å². The van der Waals surface area contributed by atoms with Crippen molar-refractivity contribution in [1.29, 1.82) is 0 Å². The summed E-state index contributed by atoms with van der Waals surface area (Å²) in [5, 5.41) is 0.742. The van der Waals surface area contributed by atoms with Crippen LogP contribution >= 0.6 is 15.9 Å². The van der Waals surface area contributed by atoms with Crippen molar-refractivity contribution < 1.29 is 4.79 Å². The van der Waals surface area contributed by atoms with E-state index < -0.39 is 0 Å². The number of pyridine rings is 1. The Morgan fingerprint density at radius 1 is 1.47 bits per heavy atom. The molecule has 0 radical (unpaired) electrons. The summed E-state index contributed by atoms with van der Waals surface area (Å²) in [5.41, 5.74) is 0.205. The average Bonchev–Trinajstić information content (AvgIpc) is 2.33. The van der Waals surface area contributed by atoms with Crippen LogP contribution in [0.15, 0.2) is 23.1 Å². The van der Waals surface area contributed by atoms with E-state index >= 15 is 0 Å². The SMILES string of the molecule is CCCCN(CCBr)C(=O)c1cc[nH]c(=O)c1. The largest absolute Gasteiger partial charge is 0.338 e. The standard InChI is InChI=1S/C12H17BrN2O2/c1-2-3-7-15(8-5-13)12(17)10-4-6-14-11(16)9-10/h4,6,9H,2-3,5,7-8H2,1H3,(H,14,16). The van der Waals surface area contributed by atoms with Crippen LogP contribution in [0.3, 0.4) is 0 Å². The molecule has 4 nitrogen and oxygen atoms in total. The summed E-state index contributed by atoms with van der Waals surface area (Å²) in [6.07, 6.45) is 3.52. The number of amides is 1. The first kappa shape index (κ1) is 14.0. The molecule has 1 rings (SSSR count). The summed E-state index contributed by atoms with van der Waals surface area (Å²) in [6.45, 7) is 3.48. The first-order chi connectivity index (χ1) is 8.19. The molecule has 0 spiro atoms. The second kappa shape index (κ2) is 7.27. The van der Waals surface area contributed by atoms with E-state index in [2.05, 4.69) is 27.8 Å². The minimum Gasteiger partial charge on any atom is -0.338 e. The van der Waals surface area contributed by atoms with Crippen LogP contribution in [0, 0.1) is 0 Å². The molecule has 0 aliphatic carbocycles. The number of carbonyl (C=O) groups excluding carboxylic acids is 1. The minimum absolute atomic E-state index is 0.0796. The molecule has 1 N–H and O–H groups in total. The van der Waals surface area contributed by atoms with E-state index in [0.29, 0.717) is 12.1 Å². The normalized spacial score (nSPS) is 10.2. The Morgan fingerprint density at radius 3 is 2.82 bits per heavy atom. The fourth-order valence-electron chi connectivity index (χ4n) is 1.53. The van der Waals surface area contributed by atoms with Crippen LogP contribution in [0.25, 0.3) is 0 Å². The minimum atomic E-state index is -0.245. The third-order valence-corrected chi connectivity index (χ3v) is 2.80. The number of halogens is 1. The number of nitrogens with one attached hydrogen (secondary N) is 1. The van der Waals surface area contributed by atoms with Gasteiger partial charge in [0.2, 0.25) is 5.56 Å². The highest BCUT2D eigenvalue weighted by atomic mass is 79.9. The van der Waals surface area contributed by atoms with Gasteiger partial charge in [0.15, 0.2) is 0 Å². The number of aromatic nitrogens is 1. The van der Waals surface area contributed by atoms with E-state index in [1.165, 1.54) is 12.3 Å². The Bertz CT molecular complexity index is 417. The molecular formula is C12H17BrN2O2. The Hall–Kier alpha value is -1.10. The zero-order valence-corrected chi connectivity index (χ0v) is 11.5. The van der Waals surface area contributed by atoms with E-state index in [-0.39, 0.29) is 11.5 Å². The highest BCUT2D eigenvalue weighted by molar-refractivity contribution is 9.09. The molecule has 0 atom stereocenters. The van der Waals surface area contributed by atoms with Gasteiger partial charge in [0.1, 0.15) is 0 Å². The van der Waals surface area contributed by atoms with E-state index in [0.717, 1.165) is 24.7 Å². The van der Waals surface area contributed by atoms with Crippen LogP contribution in [0.2, 0.25) is 0 Å². The Kier molecular flexibility index (Phi) is 5.97. The fourth-order valence-corrected chi connectivity index (χ4v) is 1.95. The van der Waals surface area contributed by atoms with Gasteiger partial charge in [-0.15, -0.1) is 0 Å². The first-order valence-electron chi connectivity index (χ1n) is 5.73. The molecule has 0 aliphatic heterocycles. The van der Waals surface area contributed by atoms with Gasteiger partial charge in [-0.2, -0.15) is 0 Å². The van der Waals surface area contributed by atoms with E-state index in [1.54, 1.807) is 11.0 Å². The van der Waals surface area contributed by atoms with Gasteiger partial charge in [0, 0.05) is 36.2 Å². The third kappa shape index (κ3) is 4.34. The van der Waals surface area contributed by atoms with Crippen molar-refractivity contribution in [3.8, 4) is 0 Å². The summed E-state index contributed by atoms with van der Waals surface area (Å²) < 4.78 is 0. The Labute approximate surface area is 109 Å². The Morgan fingerprint density at radius 2 is 2.24 bits per heavy atom. The number of hydrogen-bond donors (Lipinski definition) is 1. The maximum Gasteiger partial charge on any atom is 0.254 e. The number of unbranched alkanes of at least 4 members (excludes halogenated alkanes) is 1. The summed E-state index contributed by atoms with van der Waals surface area (Å²) in [4.78, 5) is 27.6. The van der Waals surface area contributed by atoms with Crippen LogP contribution in [0.5, 0.6) is 0 Å². The lowest BCUT2D eigenvalue weighted by atomic mass is 10.2. The van der Waals surface area contributed by atoms with Crippen molar-refractivity contribution >= 4 is 21.8 Å². The van der Waals surface area contributed by atoms with Crippen molar-refractivity contribution in [1.82, 2.24) is 9.88 Å². The van der Waals surface area contributed by atoms with Crippen molar-refractivity contribution in [3.63, 3.8) is 0 Å². The smallest absolute Gasteiger partial charge is 0.254 e. The van der Waals surface area contributed by atoms with Crippen LogP contribution in [0.4, 0.5) is 0 Å². The molecule has 1 heterocycles. The van der Waals surface area contributed by atoms with Gasteiger partial charge in [-0.1, -0.05) is 29.3 Å². The first-order valence-corrected chi connectivity index (χ1v) is 6.85. The molecule has 94 valence electrons. The molecule has 0 saturated carbocycles. The highest BCUT2D eigenvalue weighted by Crippen LogP contribution is 2.04. The predicted molar refractivity (Wildman–Crippen MR) is 71.7 cm³/mol. The number of carbonyl (C=O) groups is 1. The van der Waals surface area contributed by atoms with Crippen molar-refractivity contribution in [2.45, 2.75) is 19.8 Å². The number of rotatable bonds is 6. The Balaban J connectivity index is 2.79. The zero-order chi connectivity index (χ0) is 12.7. The van der Waals surface area contributed by atoms with E-state index in [4.69, 9.17) is 0 Å². The van der Waals surface area contributed by atoms with E-state index in [1.807, 2.05) is 0 Å². The topological polar surface area (TPSA) is 53.2 Å². The van der Waals surface area contributed by atoms with Crippen molar-refractivity contribution in [3.05, 3.63) is 34.2 Å². The number of hydrogen-bond acceptors (Lipinski definition) is 2. The number of aromatic amines is 1. The maximum atomic E-state index is 12.1. The summed E-state index contributed by atoms with van der Waals surface area (Å²) in [6, 6.07) is 2.98. The average molecular weight is 301 g/mol. The van der Waals surface area contributed by atoms with Gasteiger partial charge in [-0.05, 0) is 12.5 Å². The highest BCUT2D eigenvalue weighted by Gasteiger charge is 2.14. The quantitative estimate of drug-likeness (QED) is 0.817. The fraction of sp³-hybridized carbons (Fsp3) is 0.500.